The van der Waals surface area contributed by atoms with Crippen LogP contribution < -0.4 is 5.32 Å². The van der Waals surface area contributed by atoms with Crippen LogP contribution in [0.2, 0.25) is 0 Å². The second kappa shape index (κ2) is 9.11. The Bertz CT molecular complexity index is 1230. The fourth-order valence-electron chi connectivity index (χ4n) is 3.30. The molecule has 1 fully saturated rings. The van der Waals surface area contributed by atoms with Crippen LogP contribution in [0, 0.1) is 6.92 Å². The first-order chi connectivity index (χ1) is 15.3. The van der Waals surface area contributed by atoms with Crippen molar-refractivity contribution in [2.75, 3.05) is 38.2 Å². The van der Waals surface area contributed by atoms with Crippen molar-refractivity contribution in [3.05, 3.63) is 59.9 Å². The van der Waals surface area contributed by atoms with Crippen molar-refractivity contribution >= 4 is 38.6 Å². The fourth-order valence-corrected chi connectivity index (χ4v) is 4.74. The molecule has 2 aromatic carbocycles. The van der Waals surface area contributed by atoms with Gasteiger partial charge in [0, 0.05) is 24.2 Å². The second-order valence-electron chi connectivity index (χ2n) is 7.27. The first-order valence-corrected chi connectivity index (χ1v) is 11.4. The van der Waals surface area contributed by atoms with Gasteiger partial charge in [0.05, 0.1) is 18.1 Å². The molecule has 168 valence electrons. The lowest BCUT2D eigenvalue weighted by molar-refractivity contribution is -0.119. The summed E-state index contributed by atoms with van der Waals surface area (Å²) in [5.41, 5.74) is 1.53. The van der Waals surface area contributed by atoms with Crippen LogP contribution >= 0.6 is 0 Å². The zero-order valence-electron chi connectivity index (χ0n) is 17.4. The van der Waals surface area contributed by atoms with Crippen molar-refractivity contribution in [3.63, 3.8) is 0 Å². The number of sulfonamides is 1. The molecule has 1 amide bonds. The number of morpholine rings is 1. The lowest BCUT2D eigenvalue weighted by atomic mass is 10.2. The summed E-state index contributed by atoms with van der Waals surface area (Å²) >= 11 is 0. The monoisotopic (exact) mass is 458 g/mol. The summed E-state index contributed by atoms with van der Waals surface area (Å²) in [6, 6.07) is 13.2. The summed E-state index contributed by atoms with van der Waals surface area (Å²) in [6.45, 7) is 2.42. The molecule has 3 aromatic rings. The van der Waals surface area contributed by atoms with Crippen molar-refractivity contribution in [1.29, 1.82) is 0 Å². The number of rotatable bonds is 6. The Kier molecular flexibility index (Phi) is 6.26. The first kappa shape index (κ1) is 22.0. The quantitative estimate of drug-likeness (QED) is 0.565. The minimum Gasteiger partial charge on any atom is -0.450 e. The van der Waals surface area contributed by atoms with Crippen LogP contribution in [-0.4, -0.2) is 57.5 Å². The molecule has 0 unspecified atom stereocenters. The van der Waals surface area contributed by atoms with E-state index >= 15 is 0 Å². The zero-order valence-corrected chi connectivity index (χ0v) is 18.2. The number of nitrogens with one attached hydrogen (secondary N) is 1. The van der Waals surface area contributed by atoms with Gasteiger partial charge in [-0.1, -0.05) is 24.3 Å². The number of amides is 1. The number of benzene rings is 2. The number of hydrogen-bond donors (Lipinski definition) is 1. The van der Waals surface area contributed by atoms with Crippen molar-refractivity contribution in [1.82, 2.24) is 4.31 Å². The molecule has 1 saturated heterocycles. The minimum atomic E-state index is -3.71. The molecule has 0 radical (unpaired) electrons. The summed E-state index contributed by atoms with van der Waals surface area (Å²) < 4.78 is 42.7. The molecular formula is C22H22N2O7S. The predicted octanol–water partition coefficient (Wildman–Crippen LogP) is 2.56. The third-order valence-electron chi connectivity index (χ3n) is 5.05. The number of carbonyl (C=O) groups excluding carboxylic acids is 2. The molecule has 4 rings (SSSR count). The number of esters is 1. The SMILES string of the molecule is Cc1ccc(S(=O)(=O)N2CCOCC2)cc1NC(=O)COC(=O)c1cc2ccccc2o1. The largest absolute Gasteiger partial charge is 0.450 e. The summed E-state index contributed by atoms with van der Waals surface area (Å²) in [7, 11) is -3.71. The number of anilines is 1. The Morgan fingerprint density at radius 1 is 1.09 bits per heavy atom. The molecule has 9 nitrogen and oxygen atoms in total. The number of aryl methyl sites for hydroxylation is 1. The summed E-state index contributed by atoms with van der Waals surface area (Å²) in [5.74, 6) is -1.37. The number of para-hydroxylation sites is 1. The molecule has 1 aliphatic heterocycles. The van der Waals surface area contributed by atoms with Gasteiger partial charge in [0.25, 0.3) is 5.91 Å². The van der Waals surface area contributed by atoms with Crippen molar-refractivity contribution in [2.45, 2.75) is 11.8 Å². The van der Waals surface area contributed by atoms with Crippen LogP contribution in [0.25, 0.3) is 11.0 Å². The maximum atomic E-state index is 12.9. The number of carbonyl (C=O) groups is 2. The van der Waals surface area contributed by atoms with Gasteiger partial charge in [-0.05, 0) is 36.8 Å². The lowest BCUT2D eigenvalue weighted by Gasteiger charge is -2.26. The number of nitrogens with zero attached hydrogens (tertiary/aromatic N) is 1. The smallest absolute Gasteiger partial charge is 0.374 e. The molecule has 0 saturated carbocycles. The molecule has 2 heterocycles. The van der Waals surface area contributed by atoms with Gasteiger partial charge >= 0.3 is 5.97 Å². The molecule has 1 aromatic heterocycles. The third kappa shape index (κ3) is 4.67. The van der Waals surface area contributed by atoms with Crippen LogP contribution in [0.1, 0.15) is 16.1 Å². The molecule has 0 bridgehead atoms. The summed E-state index contributed by atoms with van der Waals surface area (Å²) in [6.07, 6.45) is 0. The zero-order chi connectivity index (χ0) is 22.7. The van der Waals surface area contributed by atoms with Crippen molar-refractivity contribution in [3.8, 4) is 0 Å². The number of fused-ring (bicyclic) bond motifs is 1. The molecule has 1 N–H and O–H groups in total. The molecule has 0 atom stereocenters. The molecule has 0 aliphatic carbocycles. The standard InChI is InChI=1S/C22H22N2O7S/c1-15-6-7-17(32(27,28)24-8-10-29-11-9-24)13-18(15)23-21(25)14-30-22(26)20-12-16-4-2-3-5-19(16)31-20/h2-7,12-13H,8-11,14H2,1H3,(H,23,25). The van der Waals surface area contributed by atoms with Gasteiger partial charge in [-0.25, -0.2) is 13.2 Å². The normalized spacial score (nSPS) is 14.9. The Morgan fingerprint density at radius 2 is 1.84 bits per heavy atom. The number of hydrogen-bond acceptors (Lipinski definition) is 7. The van der Waals surface area contributed by atoms with E-state index in [9.17, 15) is 18.0 Å². The highest BCUT2D eigenvalue weighted by atomic mass is 32.2. The maximum absolute atomic E-state index is 12.9. The van der Waals surface area contributed by atoms with E-state index in [1.165, 1.54) is 16.4 Å². The molecular weight excluding hydrogens is 436 g/mol. The lowest BCUT2D eigenvalue weighted by Crippen LogP contribution is -2.40. The van der Waals surface area contributed by atoms with E-state index < -0.39 is 28.5 Å². The van der Waals surface area contributed by atoms with Gasteiger partial charge in [-0.3, -0.25) is 4.79 Å². The highest BCUT2D eigenvalue weighted by molar-refractivity contribution is 7.89. The van der Waals surface area contributed by atoms with Crippen molar-refractivity contribution in [2.24, 2.45) is 0 Å². The summed E-state index contributed by atoms with van der Waals surface area (Å²) in [5, 5.41) is 3.35. The van der Waals surface area contributed by atoms with Crippen LogP contribution in [-0.2, 0) is 24.3 Å². The number of ether oxygens (including phenoxy) is 2. The van der Waals surface area contributed by atoms with Crippen LogP contribution in [0.5, 0.6) is 0 Å². The molecule has 1 aliphatic rings. The van der Waals surface area contributed by atoms with Crippen LogP contribution in [0.4, 0.5) is 5.69 Å². The molecule has 0 spiro atoms. The van der Waals surface area contributed by atoms with Gasteiger partial charge in [-0.2, -0.15) is 4.31 Å². The van der Waals surface area contributed by atoms with Gasteiger partial charge < -0.3 is 19.2 Å². The fraction of sp³-hybridized carbons (Fsp3) is 0.273. The minimum absolute atomic E-state index is 0.00576. The Labute approximate surface area is 184 Å². The van der Waals surface area contributed by atoms with Crippen LogP contribution in [0.3, 0.4) is 0 Å². The van der Waals surface area contributed by atoms with Gasteiger partial charge in [-0.15, -0.1) is 0 Å². The van der Waals surface area contributed by atoms with E-state index in [0.29, 0.717) is 30.0 Å². The number of furan rings is 1. The Morgan fingerprint density at radius 3 is 2.59 bits per heavy atom. The van der Waals surface area contributed by atoms with E-state index in [-0.39, 0.29) is 23.7 Å². The summed E-state index contributed by atoms with van der Waals surface area (Å²) in [4.78, 5) is 24.6. The second-order valence-corrected chi connectivity index (χ2v) is 9.20. The van der Waals surface area contributed by atoms with Gasteiger partial charge in [0.15, 0.2) is 6.61 Å². The van der Waals surface area contributed by atoms with E-state index in [1.54, 1.807) is 37.3 Å². The van der Waals surface area contributed by atoms with E-state index in [4.69, 9.17) is 13.9 Å². The van der Waals surface area contributed by atoms with E-state index in [2.05, 4.69) is 5.32 Å². The topological polar surface area (TPSA) is 115 Å². The van der Waals surface area contributed by atoms with Gasteiger partial charge in [0.1, 0.15) is 5.58 Å². The Balaban J connectivity index is 1.41. The first-order valence-electron chi connectivity index (χ1n) is 9.99. The van der Waals surface area contributed by atoms with E-state index in [1.807, 2.05) is 6.07 Å². The van der Waals surface area contributed by atoms with Crippen molar-refractivity contribution < 1.29 is 31.9 Å². The van der Waals surface area contributed by atoms with Gasteiger partial charge in [0.2, 0.25) is 15.8 Å². The molecule has 32 heavy (non-hydrogen) atoms. The van der Waals surface area contributed by atoms with Crippen LogP contribution in [0.15, 0.2) is 57.8 Å². The predicted molar refractivity (Wildman–Crippen MR) is 116 cm³/mol. The maximum Gasteiger partial charge on any atom is 0.374 e. The highest BCUT2D eigenvalue weighted by Gasteiger charge is 2.27. The molecule has 10 heteroatoms. The highest BCUT2D eigenvalue weighted by Crippen LogP contribution is 2.24. The van der Waals surface area contributed by atoms with E-state index in [0.717, 1.165) is 5.39 Å². The average molecular weight is 458 g/mol. The average Bonchev–Trinajstić information content (AvgIpc) is 3.24. The third-order valence-corrected chi connectivity index (χ3v) is 6.95. The Hall–Kier alpha value is -3.21.